The molecule has 2 aliphatic heterocycles. The molecule has 2 aliphatic rings. The van der Waals surface area contributed by atoms with Crippen LogP contribution in [-0.2, 0) is 19.1 Å². The first-order chi connectivity index (χ1) is 18.9. The molecule has 1 unspecified atom stereocenters. The fourth-order valence-electron chi connectivity index (χ4n) is 5.02. The molecule has 0 spiro atoms. The lowest BCUT2D eigenvalue weighted by atomic mass is 9.98. The minimum atomic E-state index is -0.648. The van der Waals surface area contributed by atoms with Gasteiger partial charge in [-0.25, -0.2) is 0 Å². The van der Waals surface area contributed by atoms with Gasteiger partial charge in [-0.05, 0) is 71.1 Å². The molecule has 0 aromatic carbocycles. The van der Waals surface area contributed by atoms with Crippen molar-refractivity contribution in [3.63, 3.8) is 0 Å². The molecule has 223 valence electrons. The van der Waals surface area contributed by atoms with Gasteiger partial charge in [0.05, 0.1) is 0 Å². The van der Waals surface area contributed by atoms with Gasteiger partial charge < -0.3 is 9.47 Å². The van der Waals surface area contributed by atoms with Crippen LogP contribution in [0.5, 0.6) is 0 Å². The van der Waals surface area contributed by atoms with Crippen molar-refractivity contribution in [1.29, 1.82) is 0 Å². The first-order valence-electron chi connectivity index (χ1n) is 16.0. The monoisotopic (exact) mass is 547 g/mol. The molecule has 2 rings (SSSR count). The third-order valence-corrected chi connectivity index (χ3v) is 7.77. The Bertz CT molecular complexity index is 743. The molecule has 39 heavy (non-hydrogen) atoms. The number of nitrogens with zero attached hydrogens (tertiary/aromatic N) is 4. The lowest BCUT2D eigenvalue weighted by molar-refractivity contribution is -0.156. The molecule has 0 aromatic rings. The molecule has 0 aliphatic carbocycles. The summed E-state index contributed by atoms with van der Waals surface area (Å²) in [6.07, 6.45) is 22.4. The fourth-order valence-corrected chi connectivity index (χ4v) is 5.02. The molecule has 1 atom stereocenters. The van der Waals surface area contributed by atoms with Crippen molar-refractivity contribution in [2.45, 2.75) is 173 Å². The highest BCUT2D eigenvalue weighted by atomic mass is 16.6. The van der Waals surface area contributed by atoms with E-state index in [0.29, 0.717) is 12.8 Å². The predicted octanol–water partition coefficient (Wildman–Crippen LogP) is 9.22. The SMILES string of the molecule is [CH2]C(COC(=O)CCCCCCCCC1(CCCC)N=N1)OC(=O)CCCCCCCCC1(CCCC)N=N1. The third-order valence-electron chi connectivity index (χ3n) is 7.77. The highest BCUT2D eigenvalue weighted by Gasteiger charge is 2.38. The van der Waals surface area contributed by atoms with E-state index in [2.05, 4.69) is 41.2 Å². The van der Waals surface area contributed by atoms with Gasteiger partial charge in [-0.15, -0.1) is 0 Å². The van der Waals surface area contributed by atoms with E-state index in [1.165, 1.54) is 64.2 Å². The Kier molecular flexibility index (Phi) is 16.5. The zero-order valence-electron chi connectivity index (χ0n) is 25.0. The summed E-state index contributed by atoms with van der Waals surface area (Å²) in [5.74, 6) is -0.504. The van der Waals surface area contributed by atoms with Gasteiger partial charge in [0.1, 0.15) is 12.7 Å². The van der Waals surface area contributed by atoms with Crippen molar-refractivity contribution in [2.75, 3.05) is 6.61 Å². The highest BCUT2D eigenvalue weighted by molar-refractivity contribution is 5.70. The maximum absolute atomic E-state index is 12.0. The van der Waals surface area contributed by atoms with Gasteiger partial charge in [-0.3, -0.25) is 9.59 Å². The van der Waals surface area contributed by atoms with Crippen molar-refractivity contribution in [2.24, 2.45) is 20.5 Å². The number of ether oxygens (including phenoxy) is 2. The smallest absolute Gasteiger partial charge is 0.306 e. The Balaban J connectivity index is 1.32. The third kappa shape index (κ3) is 16.1. The highest BCUT2D eigenvalue weighted by Crippen LogP contribution is 2.39. The van der Waals surface area contributed by atoms with Crippen molar-refractivity contribution < 1.29 is 19.1 Å². The molecule has 8 nitrogen and oxygen atoms in total. The molecule has 1 radical (unpaired) electrons. The topological polar surface area (TPSA) is 102 Å². The Labute approximate surface area is 237 Å². The molecular formula is C31H55N4O4. The molecule has 0 fully saturated rings. The molecule has 0 saturated carbocycles. The summed E-state index contributed by atoms with van der Waals surface area (Å²) in [6, 6.07) is 0. The summed E-state index contributed by atoms with van der Waals surface area (Å²) >= 11 is 0. The molecule has 0 saturated heterocycles. The zero-order valence-corrected chi connectivity index (χ0v) is 25.0. The second kappa shape index (κ2) is 19.3. The van der Waals surface area contributed by atoms with Crippen molar-refractivity contribution in [3.8, 4) is 0 Å². The van der Waals surface area contributed by atoms with E-state index in [9.17, 15) is 9.59 Å². The van der Waals surface area contributed by atoms with Crippen LogP contribution in [0.2, 0.25) is 0 Å². The minimum Gasteiger partial charge on any atom is -0.462 e. The van der Waals surface area contributed by atoms with Crippen LogP contribution in [0.1, 0.15) is 155 Å². The Morgan fingerprint density at radius 1 is 0.590 bits per heavy atom. The largest absolute Gasteiger partial charge is 0.462 e. The molecular weight excluding hydrogens is 492 g/mol. The molecule has 8 heteroatoms. The van der Waals surface area contributed by atoms with Crippen LogP contribution in [0, 0.1) is 6.92 Å². The lowest BCUT2D eigenvalue weighted by Crippen LogP contribution is -2.22. The predicted molar refractivity (Wildman–Crippen MR) is 154 cm³/mol. The normalized spacial score (nSPS) is 16.7. The zero-order chi connectivity index (χ0) is 28.2. The van der Waals surface area contributed by atoms with Gasteiger partial charge in [-0.2, -0.15) is 20.5 Å². The summed E-state index contributed by atoms with van der Waals surface area (Å²) < 4.78 is 10.5. The number of hydrogen-bond acceptors (Lipinski definition) is 8. The average molecular weight is 548 g/mol. The van der Waals surface area contributed by atoms with Crippen LogP contribution in [0.15, 0.2) is 20.5 Å². The summed E-state index contributed by atoms with van der Waals surface area (Å²) in [4.78, 5) is 24.0. The average Bonchev–Trinajstić information content (AvgIpc) is 3.86. The number of carbonyl (C=O) groups excluding carboxylic acids is 2. The summed E-state index contributed by atoms with van der Waals surface area (Å²) in [7, 11) is 0. The molecule has 0 amide bonds. The Morgan fingerprint density at radius 2 is 0.974 bits per heavy atom. The van der Waals surface area contributed by atoms with Gasteiger partial charge in [0, 0.05) is 12.8 Å². The maximum atomic E-state index is 12.0. The second-order valence-corrected chi connectivity index (χ2v) is 11.6. The Hall–Kier alpha value is -1.86. The van der Waals surface area contributed by atoms with Gasteiger partial charge in [-0.1, -0.05) is 78.1 Å². The first-order valence-corrected chi connectivity index (χ1v) is 16.0. The van der Waals surface area contributed by atoms with Gasteiger partial charge >= 0.3 is 11.9 Å². The lowest BCUT2D eigenvalue weighted by Gasteiger charge is -2.13. The maximum Gasteiger partial charge on any atom is 0.306 e. The van der Waals surface area contributed by atoms with E-state index in [0.717, 1.165) is 64.2 Å². The number of carbonyl (C=O) groups is 2. The van der Waals surface area contributed by atoms with Crippen molar-refractivity contribution in [3.05, 3.63) is 6.92 Å². The number of unbranched alkanes of at least 4 members (excludes halogenated alkanes) is 12. The first kappa shape index (κ1) is 33.3. The van der Waals surface area contributed by atoms with Gasteiger partial charge in [0.2, 0.25) is 0 Å². The van der Waals surface area contributed by atoms with E-state index in [1.807, 2.05) is 0 Å². The standard InChI is InChI=1S/C31H55N4O4/c1-4-6-22-30(32-33-30)24-18-14-10-8-12-16-20-28(36)38-26-27(3)39-29(37)21-17-13-9-11-15-19-25-31(34-35-31)23-7-5-2/h27H,3-26H2,1-2H3. The fraction of sp³-hybridized carbons (Fsp3) is 0.903. The van der Waals surface area contributed by atoms with Crippen molar-refractivity contribution >= 4 is 11.9 Å². The van der Waals surface area contributed by atoms with E-state index in [4.69, 9.17) is 9.47 Å². The number of rotatable bonds is 27. The molecule has 0 N–H and O–H groups in total. The summed E-state index contributed by atoms with van der Waals surface area (Å²) in [5.41, 5.74) is -0.0537. The van der Waals surface area contributed by atoms with E-state index < -0.39 is 6.10 Å². The Morgan fingerprint density at radius 3 is 1.41 bits per heavy atom. The van der Waals surface area contributed by atoms with Gasteiger partial charge in [0.25, 0.3) is 0 Å². The molecule has 2 heterocycles. The molecule has 0 aromatic heterocycles. The van der Waals surface area contributed by atoms with E-state index in [-0.39, 0.29) is 29.9 Å². The van der Waals surface area contributed by atoms with E-state index in [1.54, 1.807) is 0 Å². The molecule has 0 bridgehead atoms. The second-order valence-electron chi connectivity index (χ2n) is 11.6. The van der Waals surface area contributed by atoms with E-state index >= 15 is 0 Å². The van der Waals surface area contributed by atoms with Crippen LogP contribution < -0.4 is 0 Å². The van der Waals surface area contributed by atoms with Gasteiger partial charge in [0.15, 0.2) is 11.3 Å². The quantitative estimate of drug-likeness (QED) is 0.0755. The van der Waals surface area contributed by atoms with Crippen LogP contribution >= 0.6 is 0 Å². The number of hydrogen-bond donors (Lipinski definition) is 0. The van der Waals surface area contributed by atoms with Crippen molar-refractivity contribution in [1.82, 2.24) is 0 Å². The van der Waals surface area contributed by atoms with Crippen LogP contribution in [0.4, 0.5) is 0 Å². The summed E-state index contributed by atoms with van der Waals surface area (Å²) in [6.45, 7) is 8.24. The van der Waals surface area contributed by atoms with Crippen LogP contribution in [-0.4, -0.2) is 36.0 Å². The minimum absolute atomic E-state index is 0.0262. The van der Waals surface area contributed by atoms with Crippen LogP contribution in [0.3, 0.4) is 0 Å². The number of esters is 2. The summed E-state index contributed by atoms with van der Waals surface area (Å²) in [5, 5.41) is 17.0. The van der Waals surface area contributed by atoms with Crippen LogP contribution in [0.25, 0.3) is 0 Å².